The first-order chi connectivity index (χ1) is 8.88. The molecule has 100 valence electrons. The summed E-state index contributed by atoms with van der Waals surface area (Å²) < 4.78 is 5.96. The SMILES string of the molecule is NCCN1CCC(OCCc2ccccc2)CC1. The van der Waals surface area contributed by atoms with Crippen molar-refractivity contribution in [3.8, 4) is 0 Å². The highest BCUT2D eigenvalue weighted by Gasteiger charge is 2.18. The molecule has 1 aliphatic rings. The van der Waals surface area contributed by atoms with Gasteiger partial charge in [-0.05, 0) is 24.8 Å². The molecule has 3 heteroatoms. The van der Waals surface area contributed by atoms with Gasteiger partial charge in [0.1, 0.15) is 0 Å². The number of rotatable bonds is 6. The maximum absolute atomic E-state index is 5.96. The van der Waals surface area contributed by atoms with E-state index in [1.807, 2.05) is 0 Å². The van der Waals surface area contributed by atoms with Crippen LogP contribution in [0.25, 0.3) is 0 Å². The molecule has 2 rings (SSSR count). The van der Waals surface area contributed by atoms with Crippen molar-refractivity contribution in [3.05, 3.63) is 35.9 Å². The molecule has 2 N–H and O–H groups in total. The Balaban J connectivity index is 1.61. The molecule has 0 aliphatic carbocycles. The number of hydrogen-bond donors (Lipinski definition) is 1. The van der Waals surface area contributed by atoms with E-state index in [1.165, 1.54) is 5.56 Å². The molecule has 0 radical (unpaired) electrons. The molecule has 1 aromatic rings. The van der Waals surface area contributed by atoms with Crippen molar-refractivity contribution in [1.29, 1.82) is 0 Å². The molecule has 1 fully saturated rings. The molecule has 18 heavy (non-hydrogen) atoms. The summed E-state index contributed by atoms with van der Waals surface area (Å²) in [5, 5.41) is 0. The Hall–Kier alpha value is -0.900. The minimum absolute atomic E-state index is 0.447. The van der Waals surface area contributed by atoms with Gasteiger partial charge in [0.25, 0.3) is 0 Å². The maximum atomic E-state index is 5.96. The van der Waals surface area contributed by atoms with E-state index in [-0.39, 0.29) is 0 Å². The average molecular weight is 248 g/mol. The second-order valence-electron chi connectivity index (χ2n) is 4.94. The summed E-state index contributed by atoms with van der Waals surface area (Å²) in [6.07, 6.45) is 3.76. The molecular formula is C15H24N2O. The lowest BCUT2D eigenvalue weighted by atomic mass is 10.1. The third-order valence-electron chi connectivity index (χ3n) is 3.57. The fraction of sp³-hybridized carbons (Fsp3) is 0.600. The van der Waals surface area contributed by atoms with Crippen molar-refractivity contribution in [1.82, 2.24) is 4.90 Å². The largest absolute Gasteiger partial charge is 0.378 e. The first kappa shape index (κ1) is 13.5. The third kappa shape index (κ3) is 4.41. The smallest absolute Gasteiger partial charge is 0.0599 e. The molecule has 0 saturated carbocycles. The quantitative estimate of drug-likeness (QED) is 0.832. The highest BCUT2D eigenvalue weighted by molar-refractivity contribution is 5.14. The van der Waals surface area contributed by atoms with Crippen LogP contribution in [0.4, 0.5) is 0 Å². The summed E-state index contributed by atoms with van der Waals surface area (Å²) in [5.74, 6) is 0. The summed E-state index contributed by atoms with van der Waals surface area (Å²) in [6, 6.07) is 10.5. The average Bonchev–Trinajstić information content (AvgIpc) is 2.42. The lowest BCUT2D eigenvalue weighted by Gasteiger charge is -2.31. The molecular weight excluding hydrogens is 224 g/mol. The molecule has 1 aliphatic heterocycles. The summed E-state index contributed by atoms with van der Waals surface area (Å²) in [7, 11) is 0. The van der Waals surface area contributed by atoms with Crippen LogP contribution in [0.1, 0.15) is 18.4 Å². The molecule has 0 unspecified atom stereocenters. The Bertz CT molecular complexity index is 321. The fourth-order valence-electron chi connectivity index (χ4n) is 2.47. The normalized spacial score (nSPS) is 18.1. The first-order valence-corrected chi connectivity index (χ1v) is 6.96. The minimum Gasteiger partial charge on any atom is -0.378 e. The standard InChI is InChI=1S/C15H24N2O/c16-9-12-17-10-6-15(7-11-17)18-13-8-14-4-2-1-3-5-14/h1-5,15H,6-13,16H2. The minimum atomic E-state index is 0.447. The van der Waals surface area contributed by atoms with Crippen molar-refractivity contribution in [2.45, 2.75) is 25.4 Å². The fourth-order valence-corrected chi connectivity index (χ4v) is 2.47. The Morgan fingerprint density at radius 1 is 1.17 bits per heavy atom. The Morgan fingerprint density at radius 3 is 2.56 bits per heavy atom. The molecule has 1 heterocycles. The number of hydrogen-bond acceptors (Lipinski definition) is 3. The lowest BCUT2D eigenvalue weighted by molar-refractivity contribution is 0.00971. The summed E-state index contributed by atoms with van der Waals surface area (Å²) >= 11 is 0. The van der Waals surface area contributed by atoms with Crippen molar-refractivity contribution >= 4 is 0 Å². The van der Waals surface area contributed by atoms with Crippen molar-refractivity contribution < 1.29 is 4.74 Å². The lowest BCUT2D eigenvalue weighted by Crippen LogP contribution is -2.39. The van der Waals surface area contributed by atoms with Crippen LogP contribution in [0.15, 0.2) is 30.3 Å². The zero-order valence-corrected chi connectivity index (χ0v) is 11.1. The second kappa shape index (κ2) is 7.52. The predicted molar refractivity (Wildman–Crippen MR) is 74.6 cm³/mol. The number of nitrogens with two attached hydrogens (primary N) is 1. The van der Waals surface area contributed by atoms with E-state index in [9.17, 15) is 0 Å². The number of benzene rings is 1. The van der Waals surface area contributed by atoms with Crippen LogP contribution in [0, 0.1) is 0 Å². The van der Waals surface area contributed by atoms with E-state index in [4.69, 9.17) is 10.5 Å². The molecule has 0 aromatic heterocycles. The number of ether oxygens (including phenoxy) is 1. The summed E-state index contributed by atoms with van der Waals surface area (Å²) in [6.45, 7) is 4.89. The van der Waals surface area contributed by atoms with Crippen LogP contribution in [-0.4, -0.2) is 43.8 Å². The van der Waals surface area contributed by atoms with Gasteiger partial charge >= 0.3 is 0 Å². The third-order valence-corrected chi connectivity index (χ3v) is 3.57. The van der Waals surface area contributed by atoms with E-state index in [2.05, 4.69) is 35.2 Å². The van der Waals surface area contributed by atoms with Crippen LogP contribution in [0.5, 0.6) is 0 Å². The van der Waals surface area contributed by atoms with Crippen molar-refractivity contribution in [2.24, 2.45) is 5.73 Å². The van der Waals surface area contributed by atoms with Gasteiger partial charge in [-0.1, -0.05) is 30.3 Å². The molecule has 0 amide bonds. The van der Waals surface area contributed by atoms with Crippen LogP contribution < -0.4 is 5.73 Å². The Morgan fingerprint density at radius 2 is 1.89 bits per heavy atom. The maximum Gasteiger partial charge on any atom is 0.0599 e. The van der Waals surface area contributed by atoms with Crippen LogP contribution in [0.2, 0.25) is 0 Å². The Kier molecular flexibility index (Phi) is 5.65. The molecule has 3 nitrogen and oxygen atoms in total. The molecule has 1 aromatic carbocycles. The topological polar surface area (TPSA) is 38.5 Å². The van der Waals surface area contributed by atoms with E-state index < -0.39 is 0 Å². The van der Waals surface area contributed by atoms with Crippen LogP contribution in [-0.2, 0) is 11.2 Å². The highest BCUT2D eigenvalue weighted by Crippen LogP contribution is 2.13. The number of nitrogens with zero attached hydrogens (tertiary/aromatic N) is 1. The monoisotopic (exact) mass is 248 g/mol. The molecule has 0 spiro atoms. The van der Waals surface area contributed by atoms with E-state index in [1.54, 1.807) is 0 Å². The van der Waals surface area contributed by atoms with E-state index in [0.717, 1.165) is 52.0 Å². The van der Waals surface area contributed by atoms with Crippen molar-refractivity contribution in [3.63, 3.8) is 0 Å². The summed E-state index contributed by atoms with van der Waals surface area (Å²) in [4.78, 5) is 2.43. The van der Waals surface area contributed by atoms with Gasteiger partial charge in [0.05, 0.1) is 12.7 Å². The number of piperidine rings is 1. The molecule has 0 bridgehead atoms. The zero-order chi connectivity index (χ0) is 12.6. The van der Waals surface area contributed by atoms with Gasteiger partial charge in [-0.3, -0.25) is 0 Å². The highest BCUT2D eigenvalue weighted by atomic mass is 16.5. The second-order valence-corrected chi connectivity index (χ2v) is 4.94. The first-order valence-electron chi connectivity index (χ1n) is 6.96. The van der Waals surface area contributed by atoms with Crippen LogP contribution in [0.3, 0.4) is 0 Å². The van der Waals surface area contributed by atoms with Crippen molar-refractivity contribution in [2.75, 3.05) is 32.8 Å². The summed E-state index contributed by atoms with van der Waals surface area (Å²) in [5.41, 5.74) is 6.93. The van der Waals surface area contributed by atoms with Gasteiger partial charge in [-0.25, -0.2) is 0 Å². The molecule has 0 atom stereocenters. The van der Waals surface area contributed by atoms with Gasteiger partial charge in [-0.15, -0.1) is 0 Å². The van der Waals surface area contributed by atoms with E-state index >= 15 is 0 Å². The predicted octanol–water partition coefficient (Wildman–Crippen LogP) is 1.67. The number of likely N-dealkylation sites (tertiary alicyclic amines) is 1. The zero-order valence-electron chi connectivity index (χ0n) is 11.1. The Labute approximate surface area is 110 Å². The van der Waals surface area contributed by atoms with Crippen LogP contribution >= 0.6 is 0 Å². The van der Waals surface area contributed by atoms with Gasteiger partial charge in [0.2, 0.25) is 0 Å². The van der Waals surface area contributed by atoms with Gasteiger partial charge in [0, 0.05) is 26.2 Å². The molecule has 1 saturated heterocycles. The van der Waals surface area contributed by atoms with Gasteiger partial charge in [-0.2, -0.15) is 0 Å². The van der Waals surface area contributed by atoms with Gasteiger partial charge < -0.3 is 15.4 Å². The van der Waals surface area contributed by atoms with Gasteiger partial charge in [0.15, 0.2) is 0 Å². The van der Waals surface area contributed by atoms with E-state index in [0.29, 0.717) is 6.10 Å².